The minimum atomic E-state index is -0.408. The molecule has 0 atom stereocenters. The standard InChI is InChI=1S/C15H21NO4/c1-18-14-9-12(11-5-7-16-8-6-11)3-4-13(14)20-10-15(17)19-2/h3-4,9,11,16H,5-8,10H2,1-2H3. The predicted octanol–water partition coefficient (Wildman–Crippen LogP) is 1.71. The highest BCUT2D eigenvalue weighted by atomic mass is 16.6. The van der Waals surface area contributed by atoms with Gasteiger partial charge in [-0.15, -0.1) is 0 Å². The second-order valence-corrected chi connectivity index (χ2v) is 4.80. The average Bonchev–Trinajstić information content (AvgIpc) is 2.53. The van der Waals surface area contributed by atoms with Gasteiger partial charge < -0.3 is 19.5 Å². The molecule has 0 spiro atoms. The second kappa shape index (κ2) is 7.14. The van der Waals surface area contributed by atoms with Crippen LogP contribution in [0.3, 0.4) is 0 Å². The first-order valence-electron chi connectivity index (χ1n) is 6.83. The van der Waals surface area contributed by atoms with Gasteiger partial charge in [0.05, 0.1) is 14.2 Å². The van der Waals surface area contributed by atoms with Crippen LogP contribution >= 0.6 is 0 Å². The van der Waals surface area contributed by atoms with Gasteiger partial charge in [-0.3, -0.25) is 0 Å². The van der Waals surface area contributed by atoms with Crippen LogP contribution in [0.25, 0.3) is 0 Å². The van der Waals surface area contributed by atoms with Gasteiger partial charge in [0.15, 0.2) is 18.1 Å². The minimum absolute atomic E-state index is 0.112. The van der Waals surface area contributed by atoms with E-state index < -0.39 is 5.97 Å². The predicted molar refractivity (Wildman–Crippen MR) is 75.3 cm³/mol. The van der Waals surface area contributed by atoms with Gasteiger partial charge in [0.1, 0.15) is 0 Å². The lowest BCUT2D eigenvalue weighted by Crippen LogP contribution is -2.26. The third-order valence-electron chi connectivity index (χ3n) is 3.57. The first kappa shape index (κ1) is 14.7. The summed E-state index contributed by atoms with van der Waals surface area (Å²) in [5, 5.41) is 3.36. The average molecular weight is 279 g/mol. The highest BCUT2D eigenvalue weighted by molar-refractivity contribution is 5.71. The summed E-state index contributed by atoms with van der Waals surface area (Å²) < 4.78 is 15.3. The molecule has 1 fully saturated rings. The van der Waals surface area contributed by atoms with Crippen molar-refractivity contribution in [3.63, 3.8) is 0 Å². The lowest BCUT2D eigenvalue weighted by atomic mass is 9.90. The summed E-state index contributed by atoms with van der Waals surface area (Å²) in [7, 11) is 2.94. The van der Waals surface area contributed by atoms with Crippen LogP contribution in [0.5, 0.6) is 11.5 Å². The van der Waals surface area contributed by atoms with Crippen molar-refractivity contribution in [3.8, 4) is 11.5 Å². The Morgan fingerprint density at radius 1 is 1.25 bits per heavy atom. The number of hydrogen-bond donors (Lipinski definition) is 1. The molecule has 0 amide bonds. The number of nitrogens with one attached hydrogen (secondary N) is 1. The Bertz CT molecular complexity index is 455. The molecule has 0 bridgehead atoms. The number of esters is 1. The van der Waals surface area contributed by atoms with Crippen molar-refractivity contribution < 1.29 is 19.0 Å². The Balaban J connectivity index is 2.08. The van der Waals surface area contributed by atoms with Gasteiger partial charge in [0.25, 0.3) is 0 Å². The Kier molecular flexibility index (Phi) is 5.24. The number of methoxy groups -OCH3 is 2. The molecule has 1 N–H and O–H groups in total. The first-order chi connectivity index (χ1) is 9.74. The molecule has 1 saturated heterocycles. The first-order valence-corrected chi connectivity index (χ1v) is 6.83. The van der Waals surface area contributed by atoms with Gasteiger partial charge in [-0.25, -0.2) is 4.79 Å². The zero-order valence-corrected chi connectivity index (χ0v) is 12.0. The van der Waals surface area contributed by atoms with Crippen LogP contribution in [-0.2, 0) is 9.53 Å². The fourth-order valence-electron chi connectivity index (χ4n) is 2.41. The number of carbonyl (C=O) groups is 1. The van der Waals surface area contributed by atoms with Crippen molar-refractivity contribution in [1.82, 2.24) is 5.32 Å². The van der Waals surface area contributed by atoms with Crippen LogP contribution in [0.1, 0.15) is 24.3 Å². The molecule has 0 aliphatic carbocycles. The van der Waals surface area contributed by atoms with E-state index in [0.717, 1.165) is 25.9 Å². The van der Waals surface area contributed by atoms with Crippen LogP contribution in [0, 0.1) is 0 Å². The van der Waals surface area contributed by atoms with Gasteiger partial charge >= 0.3 is 5.97 Å². The smallest absolute Gasteiger partial charge is 0.343 e. The fourth-order valence-corrected chi connectivity index (χ4v) is 2.41. The van der Waals surface area contributed by atoms with E-state index in [-0.39, 0.29) is 6.61 Å². The van der Waals surface area contributed by atoms with E-state index in [1.807, 2.05) is 18.2 Å². The van der Waals surface area contributed by atoms with Gasteiger partial charge in [-0.2, -0.15) is 0 Å². The number of piperidine rings is 1. The molecule has 5 heteroatoms. The molecule has 0 radical (unpaired) electrons. The molecule has 1 aromatic rings. The molecule has 1 aliphatic rings. The largest absolute Gasteiger partial charge is 0.493 e. The summed E-state index contributed by atoms with van der Waals surface area (Å²) >= 11 is 0. The highest BCUT2D eigenvalue weighted by Crippen LogP contribution is 2.33. The molecule has 0 aromatic heterocycles. The van der Waals surface area contributed by atoms with E-state index in [1.165, 1.54) is 12.7 Å². The molecular formula is C15H21NO4. The van der Waals surface area contributed by atoms with Gasteiger partial charge in [-0.1, -0.05) is 6.07 Å². The molecular weight excluding hydrogens is 258 g/mol. The molecule has 2 rings (SSSR count). The van der Waals surface area contributed by atoms with Gasteiger partial charge in [0.2, 0.25) is 0 Å². The SMILES string of the molecule is COC(=O)COc1ccc(C2CCNCC2)cc1OC. The van der Waals surface area contributed by atoms with Crippen molar-refractivity contribution in [3.05, 3.63) is 23.8 Å². The second-order valence-electron chi connectivity index (χ2n) is 4.80. The summed E-state index contributed by atoms with van der Waals surface area (Å²) in [4.78, 5) is 11.1. The molecule has 1 heterocycles. The molecule has 1 aliphatic heterocycles. The molecule has 110 valence electrons. The van der Waals surface area contributed by atoms with E-state index in [4.69, 9.17) is 9.47 Å². The number of ether oxygens (including phenoxy) is 3. The third kappa shape index (κ3) is 3.63. The van der Waals surface area contributed by atoms with E-state index in [0.29, 0.717) is 17.4 Å². The van der Waals surface area contributed by atoms with E-state index in [1.54, 1.807) is 7.11 Å². The van der Waals surface area contributed by atoms with Crippen LogP contribution < -0.4 is 14.8 Å². The summed E-state index contributed by atoms with van der Waals surface area (Å²) in [6.07, 6.45) is 2.26. The van der Waals surface area contributed by atoms with Crippen molar-refractivity contribution >= 4 is 5.97 Å². The summed E-state index contributed by atoms with van der Waals surface area (Å²) in [6.45, 7) is 1.99. The van der Waals surface area contributed by atoms with Crippen molar-refractivity contribution in [2.45, 2.75) is 18.8 Å². The van der Waals surface area contributed by atoms with E-state index >= 15 is 0 Å². The van der Waals surface area contributed by atoms with E-state index in [2.05, 4.69) is 10.1 Å². The van der Waals surface area contributed by atoms with Crippen LogP contribution in [0.2, 0.25) is 0 Å². The lowest BCUT2D eigenvalue weighted by molar-refractivity contribution is -0.142. The Morgan fingerprint density at radius 2 is 2.00 bits per heavy atom. The minimum Gasteiger partial charge on any atom is -0.493 e. The quantitative estimate of drug-likeness (QED) is 0.832. The van der Waals surface area contributed by atoms with Crippen LogP contribution in [-0.4, -0.2) is 39.9 Å². The highest BCUT2D eigenvalue weighted by Gasteiger charge is 2.17. The summed E-state index contributed by atoms with van der Waals surface area (Å²) in [6, 6.07) is 5.91. The Morgan fingerprint density at radius 3 is 2.65 bits per heavy atom. The topological polar surface area (TPSA) is 56.8 Å². The Hall–Kier alpha value is -1.75. The third-order valence-corrected chi connectivity index (χ3v) is 3.57. The fraction of sp³-hybridized carbons (Fsp3) is 0.533. The monoisotopic (exact) mass is 279 g/mol. The van der Waals surface area contributed by atoms with Crippen LogP contribution in [0.15, 0.2) is 18.2 Å². The lowest BCUT2D eigenvalue weighted by Gasteiger charge is -2.23. The summed E-state index contributed by atoms with van der Waals surface area (Å²) in [5.74, 6) is 1.37. The molecule has 20 heavy (non-hydrogen) atoms. The maximum atomic E-state index is 11.1. The number of benzene rings is 1. The van der Waals surface area contributed by atoms with Crippen molar-refractivity contribution in [2.75, 3.05) is 33.9 Å². The molecule has 0 saturated carbocycles. The normalized spacial score (nSPS) is 15.7. The number of hydrogen-bond acceptors (Lipinski definition) is 5. The van der Waals surface area contributed by atoms with Gasteiger partial charge in [-0.05, 0) is 49.5 Å². The maximum Gasteiger partial charge on any atom is 0.343 e. The number of rotatable bonds is 5. The zero-order chi connectivity index (χ0) is 14.4. The number of carbonyl (C=O) groups excluding carboxylic acids is 1. The van der Waals surface area contributed by atoms with E-state index in [9.17, 15) is 4.79 Å². The maximum absolute atomic E-state index is 11.1. The van der Waals surface area contributed by atoms with Crippen LogP contribution in [0.4, 0.5) is 0 Å². The molecule has 1 aromatic carbocycles. The van der Waals surface area contributed by atoms with Crippen molar-refractivity contribution in [1.29, 1.82) is 0 Å². The Labute approximate surface area is 119 Å². The molecule has 5 nitrogen and oxygen atoms in total. The molecule has 0 unspecified atom stereocenters. The summed E-state index contributed by atoms with van der Waals surface area (Å²) in [5.41, 5.74) is 1.26. The zero-order valence-electron chi connectivity index (χ0n) is 12.0. The van der Waals surface area contributed by atoms with Gasteiger partial charge in [0, 0.05) is 0 Å². The van der Waals surface area contributed by atoms with Crippen molar-refractivity contribution in [2.24, 2.45) is 0 Å².